The summed E-state index contributed by atoms with van der Waals surface area (Å²) >= 11 is 0. The Morgan fingerprint density at radius 3 is 2.86 bits per heavy atom. The van der Waals surface area contributed by atoms with E-state index in [0.717, 1.165) is 30.5 Å². The van der Waals surface area contributed by atoms with Crippen molar-refractivity contribution in [3.8, 4) is 11.5 Å². The molecule has 116 valence electrons. The minimum absolute atomic E-state index is 0.395. The van der Waals surface area contributed by atoms with E-state index in [-0.39, 0.29) is 0 Å². The molecular formula is C17H21N3O2. The van der Waals surface area contributed by atoms with Crippen LogP contribution in [0, 0.1) is 5.92 Å². The van der Waals surface area contributed by atoms with E-state index in [9.17, 15) is 0 Å². The van der Waals surface area contributed by atoms with Crippen molar-refractivity contribution in [1.29, 1.82) is 0 Å². The molecule has 0 amide bonds. The fraction of sp³-hybridized carbons (Fsp3) is 0.471. The number of hydrogen-bond donors (Lipinski definition) is 1. The monoisotopic (exact) mass is 299 g/mol. The maximum Gasteiger partial charge on any atom is 0.161 e. The summed E-state index contributed by atoms with van der Waals surface area (Å²) in [7, 11) is 0. The van der Waals surface area contributed by atoms with E-state index >= 15 is 0 Å². The molecule has 0 unspecified atom stereocenters. The third-order valence-electron chi connectivity index (χ3n) is 4.28. The Hall–Kier alpha value is -2.01. The molecule has 1 aliphatic heterocycles. The number of nitrogens with zero attached hydrogens (tertiary/aromatic N) is 2. The van der Waals surface area contributed by atoms with Crippen molar-refractivity contribution in [3.63, 3.8) is 0 Å². The summed E-state index contributed by atoms with van der Waals surface area (Å²) in [6, 6.07) is 8.69. The number of hydrogen-bond acceptors (Lipinski definition) is 4. The molecule has 2 heterocycles. The van der Waals surface area contributed by atoms with Gasteiger partial charge in [0.15, 0.2) is 11.5 Å². The molecular weight excluding hydrogens is 278 g/mol. The Kier molecular flexibility index (Phi) is 3.72. The van der Waals surface area contributed by atoms with Crippen LogP contribution in [0.2, 0.25) is 0 Å². The highest BCUT2D eigenvalue weighted by Crippen LogP contribution is 2.43. The third-order valence-corrected chi connectivity index (χ3v) is 4.28. The van der Waals surface area contributed by atoms with Gasteiger partial charge in [-0.05, 0) is 42.5 Å². The Morgan fingerprint density at radius 2 is 2.09 bits per heavy atom. The average Bonchev–Trinajstić information content (AvgIpc) is 3.27. The Morgan fingerprint density at radius 1 is 1.23 bits per heavy atom. The molecule has 1 atom stereocenters. The zero-order valence-corrected chi connectivity index (χ0v) is 12.6. The highest BCUT2D eigenvalue weighted by Gasteiger charge is 2.32. The van der Waals surface area contributed by atoms with E-state index < -0.39 is 0 Å². The van der Waals surface area contributed by atoms with Crippen LogP contribution >= 0.6 is 0 Å². The highest BCUT2D eigenvalue weighted by atomic mass is 16.6. The predicted octanol–water partition coefficient (Wildman–Crippen LogP) is 2.40. The molecule has 5 nitrogen and oxygen atoms in total. The van der Waals surface area contributed by atoms with Gasteiger partial charge in [0.25, 0.3) is 0 Å². The minimum Gasteiger partial charge on any atom is -0.486 e. The zero-order chi connectivity index (χ0) is 14.8. The van der Waals surface area contributed by atoms with Crippen molar-refractivity contribution >= 4 is 0 Å². The maximum atomic E-state index is 5.71. The van der Waals surface area contributed by atoms with Crippen LogP contribution in [0.1, 0.15) is 24.4 Å². The van der Waals surface area contributed by atoms with E-state index in [0.29, 0.717) is 19.3 Å². The van der Waals surface area contributed by atoms with Crippen LogP contribution in [-0.4, -0.2) is 29.5 Å². The van der Waals surface area contributed by atoms with Crippen molar-refractivity contribution in [1.82, 2.24) is 15.1 Å². The molecule has 4 rings (SSSR count). The summed E-state index contributed by atoms with van der Waals surface area (Å²) in [6.45, 7) is 3.08. The highest BCUT2D eigenvalue weighted by molar-refractivity contribution is 5.45. The van der Waals surface area contributed by atoms with Crippen LogP contribution < -0.4 is 14.8 Å². The van der Waals surface area contributed by atoms with Crippen molar-refractivity contribution in [2.45, 2.75) is 25.4 Å². The Balaban J connectivity index is 1.45. The van der Waals surface area contributed by atoms with Crippen molar-refractivity contribution in [2.75, 3.05) is 19.8 Å². The lowest BCUT2D eigenvalue weighted by atomic mass is 10.0. The van der Waals surface area contributed by atoms with Crippen LogP contribution in [0.3, 0.4) is 0 Å². The third kappa shape index (κ3) is 2.95. The minimum atomic E-state index is 0.395. The first kappa shape index (κ1) is 13.6. The molecule has 2 aromatic rings. The topological polar surface area (TPSA) is 48.3 Å². The lowest BCUT2D eigenvalue weighted by Crippen LogP contribution is -2.27. The number of fused-ring (bicyclic) bond motifs is 1. The van der Waals surface area contributed by atoms with Gasteiger partial charge in [0.2, 0.25) is 0 Å². The molecule has 0 radical (unpaired) electrons. The fourth-order valence-corrected chi connectivity index (χ4v) is 3.01. The molecule has 1 fully saturated rings. The van der Waals surface area contributed by atoms with Gasteiger partial charge in [-0.15, -0.1) is 0 Å². The number of benzene rings is 1. The number of rotatable bonds is 6. The fourth-order valence-electron chi connectivity index (χ4n) is 3.01. The first-order chi connectivity index (χ1) is 10.9. The summed E-state index contributed by atoms with van der Waals surface area (Å²) in [4.78, 5) is 0. The van der Waals surface area contributed by atoms with Gasteiger partial charge in [0, 0.05) is 25.0 Å². The second-order valence-electron chi connectivity index (χ2n) is 5.94. The number of nitrogens with one attached hydrogen (secondary N) is 1. The molecule has 22 heavy (non-hydrogen) atoms. The Bertz CT molecular complexity index is 623. The van der Waals surface area contributed by atoms with Crippen LogP contribution in [0.4, 0.5) is 0 Å². The SMILES string of the molecule is c1cnn(CCN[C@@H](c2ccc3c(c2)OCCO3)C2CC2)c1. The second kappa shape index (κ2) is 6.01. The summed E-state index contributed by atoms with van der Waals surface area (Å²) < 4.78 is 13.3. The van der Waals surface area contributed by atoms with Crippen molar-refractivity contribution in [3.05, 3.63) is 42.2 Å². The van der Waals surface area contributed by atoms with E-state index in [1.165, 1.54) is 18.4 Å². The Labute approximate surface area is 130 Å². The summed E-state index contributed by atoms with van der Waals surface area (Å²) in [6.07, 6.45) is 6.42. The van der Waals surface area contributed by atoms with Gasteiger partial charge in [-0.3, -0.25) is 4.68 Å². The summed E-state index contributed by atoms with van der Waals surface area (Å²) in [5.41, 5.74) is 1.30. The lowest BCUT2D eigenvalue weighted by molar-refractivity contribution is 0.171. The van der Waals surface area contributed by atoms with Crippen molar-refractivity contribution in [2.24, 2.45) is 5.92 Å². The van der Waals surface area contributed by atoms with Gasteiger partial charge in [-0.1, -0.05) is 6.07 Å². The summed E-state index contributed by atoms with van der Waals surface area (Å²) in [5.74, 6) is 2.48. The molecule has 5 heteroatoms. The quantitative estimate of drug-likeness (QED) is 0.890. The van der Waals surface area contributed by atoms with Crippen molar-refractivity contribution < 1.29 is 9.47 Å². The second-order valence-corrected chi connectivity index (χ2v) is 5.94. The number of ether oxygens (including phenoxy) is 2. The van der Waals surface area contributed by atoms with Gasteiger partial charge < -0.3 is 14.8 Å². The van der Waals surface area contributed by atoms with E-state index in [4.69, 9.17) is 9.47 Å². The molecule has 2 aliphatic rings. The van der Waals surface area contributed by atoms with E-state index in [1.807, 2.05) is 29.2 Å². The van der Waals surface area contributed by atoms with Gasteiger partial charge in [0.05, 0.1) is 6.54 Å². The zero-order valence-electron chi connectivity index (χ0n) is 12.6. The molecule has 1 aromatic carbocycles. The molecule has 0 saturated heterocycles. The molecule has 0 spiro atoms. The van der Waals surface area contributed by atoms with Crippen LogP contribution in [0.5, 0.6) is 11.5 Å². The molecule has 1 aliphatic carbocycles. The van der Waals surface area contributed by atoms with Gasteiger partial charge in [-0.25, -0.2) is 0 Å². The van der Waals surface area contributed by atoms with Gasteiger partial charge in [0.1, 0.15) is 13.2 Å². The van der Waals surface area contributed by atoms with Crippen LogP contribution in [0.25, 0.3) is 0 Å². The average molecular weight is 299 g/mol. The van der Waals surface area contributed by atoms with Crippen LogP contribution in [-0.2, 0) is 6.54 Å². The molecule has 0 bridgehead atoms. The number of aromatic nitrogens is 2. The molecule has 1 saturated carbocycles. The smallest absolute Gasteiger partial charge is 0.161 e. The summed E-state index contributed by atoms with van der Waals surface area (Å²) in [5, 5.41) is 7.93. The van der Waals surface area contributed by atoms with E-state index in [2.05, 4.69) is 22.5 Å². The van der Waals surface area contributed by atoms with Crippen LogP contribution in [0.15, 0.2) is 36.7 Å². The molecule has 1 aromatic heterocycles. The predicted molar refractivity (Wildman–Crippen MR) is 83.1 cm³/mol. The van der Waals surface area contributed by atoms with Gasteiger partial charge in [-0.2, -0.15) is 5.10 Å². The first-order valence-electron chi connectivity index (χ1n) is 8.00. The largest absolute Gasteiger partial charge is 0.486 e. The first-order valence-corrected chi connectivity index (χ1v) is 8.00. The molecule has 1 N–H and O–H groups in total. The normalized spacial score (nSPS) is 18.2. The lowest BCUT2D eigenvalue weighted by Gasteiger charge is -2.23. The standard InChI is InChI=1S/C17H21N3O2/c1-6-19-20(8-1)9-7-18-17(13-2-3-13)14-4-5-15-16(12-14)22-11-10-21-15/h1,4-6,8,12-13,17-18H,2-3,7,9-11H2/t17-/m1/s1. The maximum absolute atomic E-state index is 5.71. The van der Waals surface area contributed by atoms with E-state index in [1.54, 1.807) is 0 Å². The van der Waals surface area contributed by atoms with Gasteiger partial charge >= 0.3 is 0 Å².